The zero-order valence-electron chi connectivity index (χ0n) is 17.3. The van der Waals surface area contributed by atoms with Gasteiger partial charge in [0.05, 0.1) is 24.0 Å². The van der Waals surface area contributed by atoms with Crippen LogP contribution in [0.15, 0.2) is 42.5 Å². The van der Waals surface area contributed by atoms with Gasteiger partial charge < -0.3 is 10.1 Å². The zero-order chi connectivity index (χ0) is 21.2. The van der Waals surface area contributed by atoms with Gasteiger partial charge >= 0.3 is 0 Å². The van der Waals surface area contributed by atoms with Gasteiger partial charge in [-0.05, 0) is 56.0 Å². The molecule has 0 spiro atoms. The third-order valence-electron chi connectivity index (χ3n) is 5.39. The fraction of sp³-hybridized carbons (Fsp3) is 0.409. The fourth-order valence-corrected chi connectivity index (χ4v) is 4.55. The largest absolute Gasteiger partial charge is 0.476 e. The Labute approximate surface area is 172 Å². The van der Waals surface area contributed by atoms with Crippen LogP contribution in [0, 0.1) is 13.8 Å². The number of aryl methyl sites for hydroxylation is 2. The first-order chi connectivity index (χ1) is 13.8. The second-order valence-corrected chi connectivity index (χ2v) is 9.50. The number of fused-ring (bicyclic) bond motifs is 1. The van der Waals surface area contributed by atoms with Crippen molar-refractivity contribution in [2.45, 2.75) is 46.3 Å². The first kappa shape index (κ1) is 21.2. The van der Waals surface area contributed by atoms with Crippen LogP contribution in [-0.4, -0.2) is 32.7 Å². The van der Waals surface area contributed by atoms with E-state index in [-0.39, 0.29) is 24.2 Å². The van der Waals surface area contributed by atoms with Crippen LogP contribution in [0.5, 0.6) is 5.75 Å². The lowest BCUT2D eigenvalue weighted by Crippen LogP contribution is -2.51. The first-order valence-corrected chi connectivity index (χ1v) is 11.5. The van der Waals surface area contributed by atoms with E-state index in [9.17, 15) is 13.2 Å². The highest BCUT2D eigenvalue weighted by Gasteiger charge is 2.36. The van der Waals surface area contributed by atoms with Crippen molar-refractivity contribution < 1.29 is 17.9 Å². The molecule has 1 aliphatic heterocycles. The molecule has 2 aromatic carbocycles. The molecule has 1 aliphatic rings. The Bertz CT molecular complexity index is 1000. The minimum Gasteiger partial charge on any atom is -0.476 e. The number of rotatable bonds is 6. The highest BCUT2D eigenvalue weighted by molar-refractivity contribution is 7.92. The van der Waals surface area contributed by atoms with Crippen LogP contribution in [0.25, 0.3) is 0 Å². The van der Waals surface area contributed by atoms with Crippen LogP contribution in [0.2, 0.25) is 0 Å². The number of hydrogen-bond donors (Lipinski definition) is 1. The minimum absolute atomic E-state index is 0.0393. The van der Waals surface area contributed by atoms with Gasteiger partial charge in [0.25, 0.3) is 5.91 Å². The molecular weight excluding hydrogens is 388 g/mol. The van der Waals surface area contributed by atoms with Crippen LogP contribution >= 0.6 is 0 Å². The van der Waals surface area contributed by atoms with Gasteiger partial charge in [-0.1, -0.05) is 37.3 Å². The van der Waals surface area contributed by atoms with Crippen molar-refractivity contribution in [1.82, 2.24) is 5.32 Å². The second kappa shape index (κ2) is 8.45. The van der Waals surface area contributed by atoms with Crippen LogP contribution in [0.1, 0.15) is 43.0 Å². The van der Waals surface area contributed by atoms with E-state index in [1.165, 1.54) is 15.4 Å². The summed E-state index contributed by atoms with van der Waals surface area (Å²) in [5, 5.41) is 3.03. The number of anilines is 1. The number of amides is 1. The molecule has 1 N–H and O–H groups in total. The fourth-order valence-electron chi connectivity index (χ4n) is 3.43. The normalized spacial score (nSPS) is 17.2. The van der Waals surface area contributed by atoms with Gasteiger partial charge in [0.1, 0.15) is 5.75 Å². The number of ether oxygens (including phenoxy) is 1. The highest BCUT2D eigenvalue weighted by atomic mass is 32.2. The lowest BCUT2D eigenvalue weighted by Gasteiger charge is -2.35. The number of nitrogens with zero attached hydrogens (tertiary/aromatic N) is 1. The Balaban J connectivity index is 1.84. The predicted octanol–water partition coefficient (Wildman–Crippen LogP) is 3.49. The molecule has 0 saturated heterocycles. The molecule has 2 atom stereocenters. The maximum atomic E-state index is 13.0. The average Bonchev–Trinajstić information content (AvgIpc) is 2.73. The van der Waals surface area contributed by atoms with Gasteiger partial charge in [-0.2, -0.15) is 0 Å². The molecule has 0 unspecified atom stereocenters. The molecule has 7 heteroatoms. The Hall–Kier alpha value is -2.54. The van der Waals surface area contributed by atoms with Gasteiger partial charge in [-0.3, -0.25) is 9.10 Å². The van der Waals surface area contributed by atoms with Crippen LogP contribution in [-0.2, 0) is 14.8 Å². The number of carbonyl (C=O) groups excluding carboxylic acids is 1. The van der Waals surface area contributed by atoms with E-state index in [2.05, 4.69) is 18.3 Å². The van der Waals surface area contributed by atoms with E-state index in [4.69, 9.17) is 4.74 Å². The van der Waals surface area contributed by atoms with Gasteiger partial charge in [0.15, 0.2) is 6.10 Å². The smallest absolute Gasteiger partial charge is 0.263 e. The highest BCUT2D eigenvalue weighted by Crippen LogP contribution is 2.35. The van der Waals surface area contributed by atoms with Crippen molar-refractivity contribution in [2.75, 3.05) is 16.6 Å². The Kier molecular flexibility index (Phi) is 6.17. The number of hydrogen-bond acceptors (Lipinski definition) is 4. The maximum Gasteiger partial charge on any atom is 0.263 e. The summed E-state index contributed by atoms with van der Waals surface area (Å²) in [4.78, 5) is 13.0. The van der Waals surface area contributed by atoms with E-state index in [1.807, 2.05) is 26.0 Å². The summed E-state index contributed by atoms with van der Waals surface area (Å²) in [7, 11) is -3.52. The van der Waals surface area contributed by atoms with E-state index in [0.717, 1.165) is 5.56 Å². The molecule has 0 fully saturated rings. The number of para-hydroxylation sites is 2. The van der Waals surface area contributed by atoms with Gasteiger partial charge in [0.2, 0.25) is 10.0 Å². The second-order valence-electron chi connectivity index (χ2n) is 7.32. The summed E-state index contributed by atoms with van der Waals surface area (Å²) in [6.45, 7) is 7.65. The van der Waals surface area contributed by atoms with E-state index in [0.29, 0.717) is 17.9 Å². The minimum atomic E-state index is -3.52. The molecule has 3 rings (SSSR count). The van der Waals surface area contributed by atoms with Crippen molar-refractivity contribution in [3.05, 3.63) is 59.2 Å². The Morgan fingerprint density at radius 3 is 2.55 bits per heavy atom. The zero-order valence-corrected chi connectivity index (χ0v) is 18.1. The van der Waals surface area contributed by atoms with Gasteiger partial charge in [-0.25, -0.2) is 8.42 Å². The quantitative estimate of drug-likeness (QED) is 0.782. The molecule has 1 heterocycles. The predicted molar refractivity (Wildman–Crippen MR) is 115 cm³/mol. The summed E-state index contributed by atoms with van der Waals surface area (Å²) in [5.41, 5.74) is 3.86. The molecule has 0 aliphatic carbocycles. The lowest BCUT2D eigenvalue weighted by molar-refractivity contribution is -0.128. The van der Waals surface area contributed by atoms with Crippen molar-refractivity contribution in [3.8, 4) is 5.75 Å². The molecule has 1 amide bonds. The molecular formula is C22H28N2O4S. The Morgan fingerprint density at radius 1 is 1.17 bits per heavy atom. The third kappa shape index (κ3) is 4.40. The van der Waals surface area contributed by atoms with E-state index < -0.39 is 16.1 Å². The number of benzene rings is 2. The SMILES string of the molecule is CC[C@@H](NC(=O)[C@H]1CN(S(=O)(=O)CC)c2ccccc2O1)c1ccc(C)c(C)c1. The monoisotopic (exact) mass is 416 g/mol. The number of nitrogens with one attached hydrogen (secondary N) is 1. The molecule has 0 aromatic heterocycles. The van der Waals surface area contributed by atoms with E-state index >= 15 is 0 Å². The van der Waals surface area contributed by atoms with E-state index in [1.54, 1.807) is 31.2 Å². The van der Waals surface area contributed by atoms with Crippen LogP contribution < -0.4 is 14.4 Å². The Morgan fingerprint density at radius 2 is 1.90 bits per heavy atom. The van der Waals surface area contributed by atoms with Crippen LogP contribution in [0.4, 0.5) is 5.69 Å². The molecule has 6 nitrogen and oxygen atoms in total. The molecule has 156 valence electrons. The van der Waals surface area contributed by atoms with Crippen LogP contribution in [0.3, 0.4) is 0 Å². The summed E-state index contributed by atoms with van der Waals surface area (Å²) in [6, 6.07) is 12.9. The van der Waals surface area contributed by atoms with Crippen molar-refractivity contribution >= 4 is 21.6 Å². The summed E-state index contributed by atoms with van der Waals surface area (Å²) in [6.07, 6.45) is -0.194. The number of sulfonamides is 1. The van der Waals surface area contributed by atoms with Crippen molar-refractivity contribution in [3.63, 3.8) is 0 Å². The first-order valence-electron chi connectivity index (χ1n) is 9.90. The van der Waals surface area contributed by atoms with Gasteiger partial charge in [-0.15, -0.1) is 0 Å². The molecule has 0 radical (unpaired) electrons. The lowest BCUT2D eigenvalue weighted by atomic mass is 9.99. The maximum absolute atomic E-state index is 13.0. The molecule has 2 aromatic rings. The standard InChI is InChI=1S/C22H28N2O4S/c1-5-18(17-12-11-15(3)16(4)13-17)23-22(25)21-14-24(29(26,27)6-2)19-9-7-8-10-20(19)28-21/h7-13,18,21H,5-6,14H2,1-4H3,(H,23,25)/t18-,21-/m1/s1. The summed E-state index contributed by atoms with van der Waals surface area (Å²) >= 11 is 0. The average molecular weight is 417 g/mol. The summed E-state index contributed by atoms with van der Waals surface area (Å²) in [5.74, 6) is 0.0339. The van der Waals surface area contributed by atoms with Gasteiger partial charge in [0, 0.05) is 0 Å². The molecule has 0 bridgehead atoms. The summed E-state index contributed by atoms with van der Waals surface area (Å²) < 4.78 is 32.3. The molecule has 0 saturated carbocycles. The van der Waals surface area contributed by atoms with Crippen molar-refractivity contribution in [1.29, 1.82) is 0 Å². The molecule has 29 heavy (non-hydrogen) atoms. The number of carbonyl (C=O) groups is 1. The topological polar surface area (TPSA) is 75.7 Å². The van der Waals surface area contributed by atoms with Crippen molar-refractivity contribution in [2.24, 2.45) is 0 Å². The third-order valence-corrected chi connectivity index (χ3v) is 7.13.